The summed E-state index contributed by atoms with van der Waals surface area (Å²) in [6.07, 6.45) is 6.81. The van der Waals surface area contributed by atoms with E-state index in [1.165, 1.54) is 119 Å². The fourth-order valence-electron chi connectivity index (χ4n) is 14.4. The second kappa shape index (κ2) is 14.4. The quantitative estimate of drug-likeness (QED) is 0.162. The highest BCUT2D eigenvalue weighted by Crippen LogP contribution is 2.68. The summed E-state index contributed by atoms with van der Waals surface area (Å²) in [4.78, 5) is 2.56. The molecule has 11 aromatic rings. The van der Waals surface area contributed by atoms with Crippen LogP contribution in [0.15, 0.2) is 206 Å². The summed E-state index contributed by atoms with van der Waals surface area (Å²) in [5.74, 6) is 3.01. The van der Waals surface area contributed by atoms with Gasteiger partial charge in [-0.2, -0.15) is 0 Å². The number of benzene rings is 9. The number of anilines is 3. The smallest absolute Gasteiger partial charge is 0.0584 e. The largest absolute Gasteiger partial charge is 0.310 e. The van der Waals surface area contributed by atoms with Crippen LogP contribution in [0.3, 0.4) is 0 Å². The molecule has 2 nitrogen and oxygen atoms in total. The molecule has 4 aliphatic carbocycles. The molecule has 5 aliphatic rings. The van der Waals surface area contributed by atoms with Crippen LogP contribution in [0.25, 0.3) is 81.0 Å². The van der Waals surface area contributed by atoms with Crippen molar-refractivity contribution < 1.29 is 0 Å². The summed E-state index contributed by atoms with van der Waals surface area (Å²) < 4.78 is 5.30. The number of nitrogens with zero attached hydrogens (tertiary/aromatic N) is 2. The van der Waals surface area contributed by atoms with Crippen LogP contribution in [0.1, 0.15) is 43.2 Å². The minimum atomic E-state index is -0.0234. The molecule has 0 unspecified atom stereocenters. The van der Waals surface area contributed by atoms with Crippen molar-refractivity contribution in [2.75, 3.05) is 4.90 Å². The third-order valence-electron chi connectivity index (χ3n) is 16.7. The minimum absolute atomic E-state index is 0.0234. The van der Waals surface area contributed by atoms with E-state index in [9.17, 15) is 0 Å². The van der Waals surface area contributed by atoms with Crippen molar-refractivity contribution in [3.05, 3.63) is 217 Å². The van der Waals surface area contributed by atoms with Gasteiger partial charge in [0.1, 0.15) is 0 Å². The monoisotopic (exact) mass is 876 g/mol. The fourth-order valence-corrected chi connectivity index (χ4v) is 15.5. The van der Waals surface area contributed by atoms with E-state index < -0.39 is 0 Å². The molecule has 0 atom stereocenters. The van der Waals surface area contributed by atoms with Crippen LogP contribution < -0.4 is 4.90 Å². The Morgan fingerprint density at radius 3 is 1.91 bits per heavy atom. The van der Waals surface area contributed by atoms with Crippen molar-refractivity contribution in [1.82, 2.24) is 4.57 Å². The van der Waals surface area contributed by atoms with Crippen molar-refractivity contribution in [3.8, 4) is 39.1 Å². The first-order chi connectivity index (χ1) is 33.2. The molecular weight excluding hydrogens is 829 g/mol. The van der Waals surface area contributed by atoms with Gasteiger partial charge in [-0.1, -0.05) is 146 Å². The van der Waals surface area contributed by atoms with Gasteiger partial charge in [0.2, 0.25) is 0 Å². The van der Waals surface area contributed by atoms with E-state index in [0.29, 0.717) is 11.8 Å². The van der Waals surface area contributed by atoms with E-state index in [-0.39, 0.29) is 5.41 Å². The van der Waals surface area contributed by atoms with Crippen molar-refractivity contribution in [2.24, 2.45) is 23.7 Å². The van der Waals surface area contributed by atoms with Crippen LogP contribution in [-0.4, -0.2) is 4.57 Å². The van der Waals surface area contributed by atoms with E-state index in [1.807, 2.05) is 11.3 Å². The zero-order valence-electron chi connectivity index (χ0n) is 37.3. The molecule has 0 amide bonds. The lowest BCUT2D eigenvalue weighted by molar-refractivity contribution is -0.0418. The van der Waals surface area contributed by atoms with E-state index in [2.05, 4.69) is 216 Å². The third-order valence-corrected chi connectivity index (χ3v) is 17.9. The molecule has 320 valence electrons. The Morgan fingerprint density at radius 1 is 0.418 bits per heavy atom. The first-order valence-corrected chi connectivity index (χ1v) is 25.2. The molecule has 16 rings (SSSR count). The number of thiophene rings is 1. The van der Waals surface area contributed by atoms with Crippen molar-refractivity contribution in [2.45, 2.75) is 37.5 Å². The molecule has 0 N–H and O–H groups in total. The molecule has 4 saturated carbocycles. The van der Waals surface area contributed by atoms with Crippen molar-refractivity contribution in [1.29, 1.82) is 0 Å². The first kappa shape index (κ1) is 38.0. The molecule has 1 aliphatic heterocycles. The maximum atomic E-state index is 2.67. The zero-order valence-corrected chi connectivity index (χ0v) is 38.1. The van der Waals surface area contributed by atoms with E-state index in [0.717, 1.165) is 23.2 Å². The van der Waals surface area contributed by atoms with Gasteiger partial charge in [-0.3, -0.25) is 0 Å². The summed E-state index contributed by atoms with van der Waals surface area (Å²) in [5.41, 5.74) is 18.2. The first-order valence-electron chi connectivity index (χ1n) is 24.4. The number of hydrogen-bond donors (Lipinski definition) is 0. The van der Waals surface area contributed by atoms with Gasteiger partial charge in [0.15, 0.2) is 0 Å². The summed E-state index contributed by atoms with van der Waals surface area (Å²) in [7, 11) is 0. The van der Waals surface area contributed by atoms with Gasteiger partial charge in [-0.25, -0.2) is 0 Å². The van der Waals surface area contributed by atoms with Gasteiger partial charge in [0.05, 0.1) is 16.7 Å². The van der Waals surface area contributed by atoms with Crippen LogP contribution in [0.4, 0.5) is 17.1 Å². The lowest BCUT2D eigenvalue weighted by Gasteiger charge is -2.63. The highest BCUT2D eigenvalue weighted by molar-refractivity contribution is 7.25. The molecule has 4 fully saturated rings. The summed E-state index contributed by atoms with van der Waals surface area (Å²) in [5, 5.41) is 5.36. The van der Waals surface area contributed by atoms with Gasteiger partial charge >= 0.3 is 0 Å². The van der Waals surface area contributed by atoms with Crippen LogP contribution in [0, 0.1) is 23.7 Å². The number of aromatic nitrogens is 1. The standard InChI is InChI=1S/C64H48N2S/c1-2-14-42(15-3-1)44-16-12-17-48(37-44)65(47-30-28-43(29-31-47)50-18-4-5-19-51(50)53-22-13-27-61-62(53)54-21-7-11-26-60(54)67-61)49-38-55-52-20-6-9-24-58(52)66-59-25-10-8-23-56(59)64(57(39-49)63(55)66)45-33-40-32-41(35-45)36-46(64)34-40/h1-31,37-41,45-46H,32-36H2. The second-order valence-corrected chi connectivity index (χ2v) is 21.1. The molecular formula is C64H48N2S. The SMILES string of the molecule is c1ccc(-c2cccc(N(c3ccc(-c4ccccc4-c4cccc5sc6ccccc6c45)cc3)c3cc4c5c(c3)c3ccccc3n5-c3ccccc3C43C4CC5CC(C4)CC3C5)c2)cc1. The average Bonchev–Trinajstić information content (AvgIpc) is 3.93. The van der Waals surface area contributed by atoms with Crippen LogP contribution in [0.2, 0.25) is 0 Å². The van der Waals surface area contributed by atoms with Gasteiger partial charge in [-0.15, -0.1) is 11.3 Å². The Kier molecular flexibility index (Phi) is 8.16. The predicted octanol–water partition coefficient (Wildman–Crippen LogP) is 17.7. The highest BCUT2D eigenvalue weighted by atomic mass is 32.1. The Bertz CT molecular complexity index is 3750. The van der Waals surface area contributed by atoms with Crippen LogP contribution in [0.5, 0.6) is 0 Å². The molecule has 3 heterocycles. The van der Waals surface area contributed by atoms with Crippen molar-refractivity contribution >= 4 is 70.4 Å². The van der Waals surface area contributed by atoms with Gasteiger partial charge in [0.25, 0.3) is 0 Å². The molecule has 0 saturated heterocycles. The van der Waals surface area contributed by atoms with E-state index >= 15 is 0 Å². The maximum absolute atomic E-state index is 2.67. The molecule has 1 spiro atoms. The molecule has 3 heteroatoms. The fraction of sp³-hybridized carbons (Fsp3) is 0.156. The van der Waals surface area contributed by atoms with E-state index in [1.54, 1.807) is 11.1 Å². The molecule has 4 bridgehead atoms. The summed E-state index contributed by atoms with van der Waals surface area (Å²) in [6, 6.07) is 78.1. The number of hydrogen-bond acceptors (Lipinski definition) is 2. The average molecular weight is 877 g/mol. The molecule has 0 radical (unpaired) electrons. The predicted molar refractivity (Wildman–Crippen MR) is 282 cm³/mol. The summed E-state index contributed by atoms with van der Waals surface area (Å²) in [6.45, 7) is 0. The van der Waals surface area contributed by atoms with Gasteiger partial charge < -0.3 is 9.47 Å². The molecule has 67 heavy (non-hydrogen) atoms. The lowest BCUT2D eigenvalue weighted by Crippen LogP contribution is -2.57. The Morgan fingerprint density at radius 2 is 1.07 bits per heavy atom. The Balaban J connectivity index is 0.955. The molecule has 2 aromatic heterocycles. The topological polar surface area (TPSA) is 8.17 Å². The molecule has 9 aromatic carbocycles. The van der Waals surface area contributed by atoms with Gasteiger partial charge in [0, 0.05) is 53.4 Å². The highest BCUT2D eigenvalue weighted by Gasteiger charge is 2.61. The third kappa shape index (κ3) is 5.44. The lowest BCUT2D eigenvalue weighted by atomic mass is 9.41. The Labute approximate surface area is 395 Å². The van der Waals surface area contributed by atoms with Gasteiger partial charge in [-0.05, 0) is 161 Å². The van der Waals surface area contributed by atoms with Crippen LogP contribution >= 0.6 is 11.3 Å². The van der Waals surface area contributed by atoms with Crippen LogP contribution in [-0.2, 0) is 5.41 Å². The number of para-hydroxylation sites is 2. The second-order valence-electron chi connectivity index (χ2n) is 20.1. The number of fused-ring (bicyclic) bond motifs is 8. The normalized spacial score (nSPS) is 21.2. The zero-order chi connectivity index (χ0) is 43.8. The maximum Gasteiger partial charge on any atom is 0.0584 e. The minimum Gasteiger partial charge on any atom is -0.310 e. The summed E-state index contributed by atoms with van der Waals surface area (Å²) >= 11 is 1.88. The number of rotatable bonds is 6. The Hall–Kier alpha value is -7.20. The van der Waals surface area contributed by atoms with E-state index in [4.69, 9.17) is 0 Å². The van der Waals surface area contributed by atoms with Crippen molar-refractivity contribution in [3.63, 3.8) is 0 Å².